The Labute approximate surface area is 129 Å². The third-order valence-electron chi connectivity index (χ3n) is 2.86. The van der Waals surface area contributed by atoms with E-state index in [4.69, 9.17) is 5.73 Å². The Morgan fingerprint density at radius 3 is 2.48 bits per heavy atom. The van der Waals surface area contributed by atoms with Gasteiger partial charge in [-0.1, -0.05) is 6.07 Å². The lowest BCUT2D eigenvalue weighted by atomic mass is 10.3. The fraction of sp³-hybridized carbons (Fsp3) is 0.0769. The molecule has 2 aromatic rings. The first-order valence-electron chi connectivity index (χ1n) is 5.72. The highest BCUT2D eigenvalue weighted by Gasteiger charge is 2.25. The van der Waals surface area contributed by atoms with E-state index in [0.29, 0.717) is 0 Å². The van der Waals surface area contributed by atoms with Gasteiger partial charge in [-0.25, -0.2) is 17.2 Å². The molecule has 0 spiro atoms. The van der Waals surface area contributed by atoms with Gasteiger partial charge in [0.05, 0.1) is 15.8 Å². The monoisotopic (exact) mass is 376 g/mol. The molecule has 112 valence electrons. The van der Waals surface area contributed by atoms with Gasteiger partial charge in [0.2, 0.25) is 0 Å². The van der Waals surface area contributed by atoms with Crippen molar-refractivity contribution < 1.29 is 17.2 Å². The molecule has 0 fully saturated rings. The summed E-state index contributed by atoms with van der Waals surface area (Å²) in [5, 5.41) is 0. The van der Waals surface area contributed by atoms with Crippen molar-refractivity contribution in [3.05, 3.63) is 52.5 Å². The van der Waals surface area contributed by atoms with Crippen LogP contribution in [-0.4, -0.2) is 15.5 Å². The van der Waals surface area contributed by atoms with Gasteiger partial charge < -0.3 is 5.73 Å². The van der Waals surface area contributed by atoms with Crippen molar-refractivity contribution in [2.75, 3.05) is 17.1 Å². The zero-order chi connectivity index (χ0) is 15.8. The van der Waals surface area contributed by atoms with E-state index < -0.39 is 21.7 Å². The third kappa shape index (κ3) is 3.01. The Kier molecular flexibility index (Phi) is 4.20. The highest BCUT2D eigenvalue weighted by atomic mass is 79.9. The molecule has 0 saturated heterocycles. The van der Waals surface area contributed by atoms with Gasteiger partial charge in [-0.2, -0.15) is 0 Å². The molecule has 21 heavy (non-hydrogen) atoms. The second kappa shape index (κ2) is 5.61. The zero-order valence-corrected chi connectivity index (χ0v) is 13.2. The van der Waals surface area contributed by atoms with E-state index in [9.17, 15) is 17.2 Å². The molecule has 2 rings (SSSR count). The van der Waals surface area contributed by atoms with Crippen LogP contribution in [-0.2, 0) is 10.0 Å². The second-order valence-corrected chi connectivity index (χ2v) is 7.05. The van der Waals surface area contributed by atoms with Crippen LogP contribution in [0.1, 0.15) is 0 Å². The predicted molar refractivity (Wildman–Crippen MR) is 80.5 cm³/mol. The lowest BCUT2D eigenvalue weighted by Gasteiger charge is -2.20. The molecule has 0 aliphatic rings. The molecule has 0 radical (unpaired) electrons. The smallest absolute Gasteiger partial charge is 0.266 e. The minimum atomic E-state index is -4.03. The van der Waals surface area contributed by atoms with Gasteiger partial charge in [0.25, 0.3) is 10.0 Å². The standard InChI is InChI=1S/C13H11BrF2N2O2S/c1-18(9-4-2-3-8(15)5-9)21(19,20)13-6-10(14)11(16)7-12(13)17/h2-7H,17H2,1H3. The third-order valence-corrected chi connectivity index (χ3v) is 5.31. The summed E-state index contributed by atoms with van der Waals surface area (Å²) < 4.78 is 52.4. The first kappa shape index (κ1) is 15.7. The van der Waals surface area contributed by atoms with E-state index in [0.717, 1.165) is 22.5 Å². The number of rotatable bonds is 3. The molecule has 2 N–H and O–H groups in total. The van der Waals surface area contributed by atoms with Crippen LogP contribution in [0.25, 0.3) is 0 Å². The zero-order valence-electron chi connectivity index (χ0n) is 10.8. The predicted octanol–water partition coefficient (Wildman–Crippen LogP) is 3.13. The Hall–Kier alpha value is -1.67. The number of nitrogens with zero attached hydrogens (tertiary/aromatic N) is 1. The van der Waals surface area contributed by atoms with E-state index in [1.165, 1.54) is 25.2 Å². The quantitative estimate of drug-likeness (QED) is 0.836. The van der Waals surface area contributed by atoms with Gasteiger partial charge in [0.15, 0.2) is 0 Å². The van der Waals surface area contributed by atoms with Crippen LogP contribution in [0, 0.1) is 11.6 Å². The minimum Gasteiger partial charge on any atom is -0.398 e. The van der Waals surface area contributed by atoms with E-state index in [-0.39, 0.29) is 20.7 Å². The Bertz CT molecular complexity index is 797. The Balaban J connectivity index is 2.54. The average molecular weight is 377 g/mol. The Morgan fingerprint density at radius 2 is 1.86 bits per heavy atom. The lowest BCUT2D eigenvalue weighted by molar-refractivity contribution is 0.593. The molecule has 2 aromatic carbocycles. The molecular weight excluding hydrogens is 366 g/mol. The first-order valence-corrected chi connectivity index (χ1v) is 7.96. The summed E-state index contributed by atoms with van der Waals surface area (Å²) in [6.45, 7) is 0. The van der Waals surface area contributed by atoms with Crippen LogP contribution in [0.3, 0.4) is 0 Å². The molecule has 4 nitrogen and oxygen atoms in total. The van der Waals surface area contributed by atoms with E-state index in [1.54, 1.807) is 0 Å². The van der Waals surface area contributed by atoms with Crippen LogP contribution in [0.2, 0.25) is 0 Å². The number of hydrogen-bond donors (Lipinski definition) is 1. The molecule has 8 heteroatoms. The van der Waals surface area contributed by atoms with Crippen molar-refractivity contribution in [3.63, 3.8) is 0 Å². The number of nitrogen functional groups attached to an aromatic ring is 1. The average Bonchev–Trinajstić information content (AvgIpc) is 2.41. The summed E-state index contributed by atoms with van der Waals surface area (Å²) in [5.41, 5.74) is 5.49. The van der Waals surface area contributed by atoms with Gasteiger partial charge in [-0.15, -0.1) is 0 Å². The molecule has 0 atom stereocenters. The fourth-order valence-electron chi connectivity index (χ4n) is 1.73. The molecule has 0 bridgehead atoms. The maximum Gasteiger partial charge on any atom is 0.266 e. The fourth-order valence-corrected chi connectivity index (χ4v) is 3.53. The van der Waals surface area contributed by atoms with Crippen molar-refractivity contribution in [2.24, 2.45) is 0 Å². The SMILES string of the molecule is CN(c1cccc(F)c1)S(=O)(=O)c1cc(Br)c(F)cc1N. The number of benzene rings is 2. The highest BCUT2D eigenvalue weighted by Crippen LogP contribution is 2.30. The van der Waals surface area contributed by atoms with Gasteiger partial charge in [0, 0.05) is 7.05 Å². The topological polar surface area (TPSA) is 63.4 Å². The van der Waals surface area contributed by atoms with Crippen LogP contribution in [0.4, 0.5) is 20.2 Å². The van der Waals surface area contributed by atoms with Crippen molar-refractivity contribution in [3.8, 4) is 0 Å². The van der Waals surface area contributed by atoms with E-state index >= 15 is 0 Å². The summed E-state index contributed by atoms with van der Waals surface area (Å²) in [6.07, 6.45) is 0. The minimum absolute atomic E-state index is 0.0251. The molecule has 0 aliphatic heterocycles. The summed E-state index contributed by atoms with van der Waals surface area (Å²) in [6, 6.07) is 7.10. The molecular formula is C13H11BrF2N2O2S. The maximum atomic E-state index is 13.3. The molecule has 0 aromatic heterocycles. The van der Waals surface area contributed by atoms with Crippen LogP contribution in [0.5, 0.6) is 0 Å². The van der Waals surface area contributed by atoms with Gasteiger partial charge in [-0.3, -0.25) is 4.31 Å². The molecule has 0 unspecified atom stereocenters. The second-order valence-electron chi connectivity index (χ2n) is 4.26. The van der Waals surface area contributed by atoms with Gasteiger partial charge in [-0.05, 0) is 46.3 Å². The summed E-state index contributed by atoms with van der Waals surface area (Å²) in [7, 11) is -2.77. The van der Waals surface area contributed by atoms with E-state index in [2.05, 4.69) is 15.9 Å². The largest absolute Gasteiger partial charge is 0.398 e. The molecule has 0 saturated carbocycles. The number of sulfonamides is 1. The van der Waals surface area contributed by atoms with Crippen molar-refractivity contribution in [2.45, 2.75) is 4.90 Å². The van der Waals surface area contributed by atoms with Crippen LogP contribution < -0.4 is 10.0 Å². The van der Waals surface area contributed by atoms with E-state index in [1.807, 2.05) is 0 Å². The van der Waals surface area contributed by atoms with Gasteiger partial charge >= 0.3 is 0 Å². The number of halogens is 3. The van der Waals surface area contributed by atoms with Crippen LogP contribution >= 0.6 is 15.9 Å². The van der Waals surface area contributed by atoms with Crippen molar-refractivity contribution in [1.82, 2.24) is 0 Å². The number of hydrogen-bond acceptors (Lipinski definition) is 3. The van der Waals surface area contributed by atoms with Crippen molar-refractivity contribution >= 4 is 37.3 Å². The number of nitrogens with two attached hydrogens (primary N) is 1. The molecule has 0 aliphatic carbocycles. The number of anilines is 2. The maximum absolute atomic E-state index is 13.3. The first-order chi connectivity index (χ1) is 9.73. The summed E-state index contributed by atoms with van der Waals surface area (Å²) in [4.78, 5) is -0.262. The Morgan fingerprint density at radius 1 is 1.19 bits per heavy atom. The van der Waals surface area contributed by atoms with Crippen molar-refractivity contribution in [1.29, 1.82) is 0 Å². The normalized spacial score (nSPS) is 11.4. The highest BCUT2D eigenvalue weighted by molar-refractivity contribution is 9.10. The summed E-state index contributed by atoms with van der Waals surface area (Å²) >= 11 is 2.92. The molecule has 0 amide bonds. The summed E-state index contributed by atoms with van der Waals surface area (Å²) in [5.74, 6) is -1.23. The lowest BCUT2D eigenvalue weighted by Crippen LogP contribution is -2.27. The molecule has 0 heterocycles. The van der Waals surface area contributed by atoms with Gasteiger partial charge in [0.1, 0.15) is 16.5 Å². The van der Waals surface area contributed by atoms with Crippen LogP contribution in [0.15, 0.2) is 45.8 Å².